The summed E-state index contributed by atoms with van der Waals surface area (Å²) in [5.41, 5.74) is 2.16. The summed E-state index contributed by atoms with van der Waals surface area (Å²) >= 11 is 0. The number of rotatable bonds is 5. The maximum absolute atomic E-state index is 11.0. The van der Waals surface area contributed by atoms with Crippen LogP contribution in [0.25, 0.3) is 5.57 Å². The van der Waals surface area contributed by atoms with Gasteiger partial charge in [-0.05, 0) is 24.5 Å². The van der Waals surface area contributed by atoms with E-state index in [1.807, 2.05) is 37.3 Å². The van der Waals surface area contributed by atoms with Crippen LogP contribution in [-0.2, 0) is 14.6 Å². The Balaban J connectivity index is 1.77. The van der Waals surface area contributed by atoms with E-state index in [4.69, 9.17) is 4.74 Å². The van der Waals surface area contributed by atoms with Crippen LogP contribution in [0.15, 0.2) is 36.6 Å². The molecule has 1 heterocycles. The fraction of sp³-hybridized carbons (Fsp3) is 0.385. The number of hydrogen-bond donors (Lipinski definition) is 0. The molecule has 3 nitrogen and oxygen atoms in total. The molecule has 0 aromatic heterocycles. The quantitative estimate of drug-likeness (QED) is 0.458. The minimum atomic E-state index is -2.71. The van der Waals surface area contributed by atoms with Crippen LogP contribution in [0.5, 0.6) is 0 Å². The molecule has 2 rings (SSSR count). The van der Waals surface area contributed by atoms with Crippen molar-refractivity contribution in [1.29, 1.82) is 0 Å². The first kappa shape index (κ1) is 12.2. The molecule has 1 unspecified atom stereocenters. The molecular weight excluding hydrogens is 236 g/mol. The first-order valence-electron chi connectivity index (χ1n) is 5.65. The molecule has 1 aliphatic rings. The second-order valence-corrected chi connectivity index (χ2v) is 6.60. The molecule has 0 saturated carbocycles. The van der Waals surface area contributed by atoms with Crippen LogP contribution in [0.2, 0.25) is 0 Å². The number of allylic oxidation sites excluding steroid dienone is 1. The third kappa shape index (κ3) is 3.33. The topological polar surface area (TPSA) is 43.4 Å². The monoisotopic (exact) mass is 252 g/mol. The van der Waals surface area contributed by atoms with Crippen LogP contribution in [0.4, 0.5) is 0 Å². The zero-order chi connectivity index (χ0) is 12.3. The van der Waals surface area contributed by atoms with Gasteiger partial charge in [-0.2, -0.15) is 0 Å². The lowest BCUT2D eigenvalue weighted by atomic mass is 10.1. The van der Waals surface area contributed by atoms with E-state index in [0.717, 1.165) is 11.1 Å². The van der Waals surface area contributed by atoms with Gasteiger partial charge in [0.1, 0.15) is 0 Å². The Kier molecular flexibility index (Phi) is 3.52. The smallest absolute Gasteiger partial charge is 0.155 e. The van der Waals surface area contributed by atoms with Crippen molar-refractivity contribution in [2.24, 2.45) is 0 Å². The summed E-state index contributed by atoms with van der Waals surface area (Å²) in [6.45, 7) is 2.44. The molecule has 4 heteroatoms. The lowest BCUT2D eigenvalue weighted by Crippen LogP contribution is -1.96. The summed E-state index contributed by atoms with van der Waals surface area (Å²) in [6, 6.07) is 9.95. The van der Waals surface area contributed by atoms with Crippen molar-refractivity contribution in [2.75, 3.05) is 12.4 Å². The largest absolute Gasteiger partial charge is 0.501 e. The maximum Gasteiger partial charge on any atom is 0.155 e. The Hall–Kier alpha value is -1.29. The second-order valence-electron chi connectivity index (χ2n) is 4.28. The number of ether oxygens (including phenoxy) is 1. The van der Waals surface area contributed by atoms with Crippen LogP contribution in [0, 0.1) is 0 Å². The van der Waals surface area contributed by atoms with E-state index in [9.17, 15) is 8.42 Å². The van der Waals surface area contributed by atoms with Crippen molar-refractivity contribution in [2.45, 2.75) is 18.6 Å². The Labute approximate surface area is 102 Å². The van der Waals surface area contributed by atoms with E-state index in [-0.39, 0.29) is 5.25 Å². The van der Waals surface area contributed by atoms with E-state index < -0.39 is 9.84 Å². The van der Waals surface area contributed by atoms with Gasteiger partial charge < -0.3 is 4.74 Å². The zero-order valence-electron chi connectivity index (χ0n) is 9.80. The maximum atomic E-state index is 11.0. The first-order valence-corrected chi connectivity index (χ1v) is 7.36. The molecule has 1 aromatic carbocycles. The molecule has 1 fully saturated rings. The highest BCUT2D eigenvalue weighted by molar-refractivity contribution is 7.99. The minimum absolute atomic E-state index is 0.159. The van der Waals surface area contributed by atoms with Gasteiger partial charge in [-0.3, -0.25) is 0 Å². The molecule has 1 saturated heterocycles. The summed E-state index contributed by atoms with van der Waals surface area (Å²) in [5.74, 6) is 0.331. The first-order chi connectivity index (χ1) is 8.09. The Morgan fingerprint density at radius 2 is 2.06 bits per heavy atom. The van der Waals surface area contributed by atoms with E-state index in [0.29, 0.717) is 18.8 Å². The Morgan fingerprint density at radius 3 is 2.65 bits per heavy atom. The van der Waals surface area contributed by atoms with Crippen molar-refractivity contribution in [3.05, 3.63) is 42.2 Å². The van der Waals surface area contributed by atoms with Gasteiger partial charge in [-0.15, -0.1) is 0 Å². The molecule has 0 amide bonds. The third-order valence-electron chi connectivity index (χ3n) is 2.86. The van der Waals surface area contributed by atoms with Gasteiger partial charge in [0.2, 0.25) is 0 Å². The normalized spacial score (nSPS) is 22.2. The molecule has 1 aliphatic heterocycles. The average molecular weight is 252 g/mol. The van der Waals surface area contributed by atoms with E-state index in [1.54, 1.807) is 6.26 Å². The summed E-state index contributed by atoms with van der Waals surface area (Å²) in [4.78, 5) is 0. The van der Waals surface area contributed by atoms with Gasteiger partial charge in [0.25, 0.3) is 0 Å². The molecule has 92 valence electrons. The lowest BCUT2D eigenvalue weighted by molar-refractivity contribution is 0.248. The van der Waals surface area contributed by atoms with E-state index >= 15 is 0 Å². The van der Waals surface area contributed by atoms with Crippen LogP contribution in [0.3, 0.4) is 0 Å². The molecular formula is C13H16O3S. The molecule has 1 atom stereocenters. The second kappa shape index (κ2) is 4.92. The summed E-state index contributed by atoms with van der Waals surface area (Å²) in [7, 11) is -2.71. The van der Waals surface area contributed by atoms with Crippen LogP contribution < -0.4 is 0 Å². The number of hydrogen-bond acceptors (Lipinski definition) is 3. The van der Waals surface area contributed by atoms with Crippen molar-refractivity contribution >= 4 is 15.4 Å². The van der Waals surface area contributed by atoms with Crippen LogP contribution in [-0.4, -0.2) is 26.0 Å². The van der Waals surface area contributed by atoms with E-state index in [1.165, 1.54) is 0 Å². The average Bonchev–Trinajstić information content (AvgIpc) is 2.93. The van der Waals surface area contributed by atoms with Gasteiger partial charge in [0, 0.05) is 0 Å². The molecule has 0 aliphatic carbocycles. The van der Waals surface area contributed by atoms with Gasteiger partial charge in [0.05, 0.1) is 23.9 Å². The molecule has 0 spiro atoms. The lowest BCUT2D eigenvalue weighted by Gasteiger charge is -2.03. The highest BCUT2D eigenvalue weighted by atomic mass is 32.2. The number of benzene rings is 1. The predicted octanol–water partition coefficient (Wildman–Crippen LogP) is 2.25. The van der Waals surface area contributed by atoms with Crippen molar-refractivity contribution < 1.29 is 13.2 Å². The minimum Gasteiger partial charge on any atom is -0.501 e. The molecule has 17 heavy (non-hydrogen) atoms. The van der Waals surface area contributed by atoms with Gasteiger partial charge in [0.15, 0.2) is 9.84 Å². The molecule has 0 bridgehead atoms. The molecule has 1 aromatic rings. The number of sulfone groups is 1. The van der Waals surface area contributed by atoms with Gasteiger partial charge in [-0.25, -0.2) is 8.42 Å². The summed E-state index contributed by atoms with van der Waals surface area (Å²) in [6.07, 6.45) is 2.30. The highest BCUT2D eigenvalue weighted by Gasteiger charge is 2.42. The SMILES string of the molecule is C/C(=C/OCCC1CS1(=O)=O)c1ccccc1. The van der Waals surface area contributed by atoms with Gasteiger partial charge in [-0.1, -0.05) is 30.3 Å². The fourth-order valence-corrected chi connectivity index (χ4v) is 3.03. The van der Waals surface area contributed by atoms with Crippen molar-refractivity contribution in [1.82, 2.24) is 0 Å². The van der Waals surface area contributed by atoms with Crippen molar-refractivity contribution in [3.63, 3.8) is 0 Å². The van der Waals surface area contributed by atoms with E-state index in [2.05, 4.69) is 0 Å². The molecule has 0 radical (unpaired) electrons. The Bertz CT molecular complexity index is 503. The predicted molar refractivity (Wildman–Crippen MR) is 68.2 cm³/mol. The van der Waals surface area contributed by atoms with Crippen LogP contribution >= 0.6 is 0 Å². The van der Waals surface area contributed by atoms with Crippen LogP contribution in [0.1, 0.15) is 18.9 Å². The summed E-state index contributed by atoms with van der Waals surface area (Å²) < 4.78 is 27.3. The zero-order valence-corrected chi connectivity index (χ0v) is 10.6. The summed E-state index contributed by atoms with van der Waals surface area (Å²) in [5, 5.41) is -0.159. The van der Waals surface area contributed by atoms with Crippen molar-refractivity contribution in [3.8, 4) is 0 Å². The fourth-order valence-electron chi connectivity index (χ4n) is 1.64. The standard InChI is InChI=1S/C13H16O3S/c1-11(12-5-3-2-4-6-12)9-16-8-7-13-10-17(13,14)15/h2-6,9,13H,7-8,10H2,1H3/b11-9-. The van der Waals surface area contributed by atoms with Gasteiger partial charge >= 0.3 is 0 Å². The Morgan fingerprint density at radius 1 is 1.41 bits per heavy atom. The molecule has 0 N–H and O–H groups in total. The highest BCUT2D eigenvalue weighted by Crippen LogP contribution is 2.24. The third-order valence-corrected chi connectivity index (χ3v) is 4.71.